The molecule has 0 amide bonds. The molecule has 0 aromatic carbocycles. The quantitative estimate of drug-likeness (QED) is 0.554. The van der Waals surface area contributed by atoms with Gasteiger partial charge in [-0.3, -0.25) is 4.90 Å². The van der Waals surface area contributed by atoms with Gasteiger partial charge in [0.15, 0.2) is 0 Å². The number of rotatable bonds is 1. The molecule has 2 atom stereocenters. The van der Waals surface area contributed by atoms with Crippen molar-refractivity contribution in [1.82, 2.24) is 4.90 Å². The summed E-state index contributed by atoms with van der Waals surface area (Å²) in [6.45, 7) is 3.20. The third-order valence-electron chi connectivity index (χ3n) is 2.63. The molecule has 11 heavy (non-hydrogen) atoms. The van der Waals surface area contributed by atoms with Crippen LogP contribution < -0.4 is 0 Å². The molecule has 0 aromatic rings. The number of hydrogen-bond acceptors (Lipinski definition) is 2. The summed E-state index contributed by atoms with van der Waals surface area (Å²) in [6.07, 6.45) is 2.93. The van der Waals surface area contributed by atoms with Crippen molar-refractivity contribution in [2.75, 3.05) is 25.6 Å². The van der Waals surface area contributed by atoms with E-state index in [1.165, 1.54) is 19.4 Å². The molecule has 2 rings (SSSR count). The molecule has 2 saturated heterocycles. The van der Waals surface area contributed by atoms with Crippen LogP contribution in [0.5, 0.6) is 0 Å². The molecule has 0 saturated carbocycles. The Morgan fingerprint density at radius 3 is 3.27 bits per heavy atom. The second-order valence-electron chi connectivity index (χ2n) is 3.40. The average Bonchev–Trinajstić information content (AvgIpc) is 2.50. The Morgan fingerprint density at radius 2 is 2.45 bits per heavy atom. The number of nitrogens with zero attached hydrogens (tertiary/aromatic N) is 1. The first-order chi connectivity index (χ1) is 5.40. The van der Waals surface area contributed by atoms with Crippen molar-refractivity contribution in [3.8, 4) is 0 Å². The molecular formula is C8H14ClNO. The van der Waals surface area contributed by atoms with E-state index in [9.17, 15) is 0 Å². The van der Waals surface area contributed by atoms with Gasteiger partial charge in [-0.05, 0) is 19.4 Å². The van der Waals surface area contributed by atoms with E-state index < -0.39 is 0 Å². The van der Waals surface area contributed by atoms with Crippen LogP contribution in [0.25, 0.3) is 0 Å². The van der Waals surface area contributed by atoms with Gasteiger partial charge in [-0.15, -0.1) is 11.6 Å². The largest absolute Gasteiger partial charge is 0.374 e. The monoisotopic (exact) mass is 175 g/mol. The van der Waals surface area contributed by atoms with E-state index in [0.717, 1.165) is 13.2 Å². The summed E-state index contributed by atoms with van der Waals surface area (Å²) in [4.78, 5) is 2.51. The van der Waals surface area contributed by atoms with E-state index in [-0.39, 0.29) is 6.10 Å². The number of alkyl halides is 1. The molecule has 2 aliphatic heterocycles. The van der Waals surface area contributed by atoms with Crippen LogP contribution in [-0.4, -0.2) is 42.6 Å². The second-order valence-corrected chi connectivity index (χ2v) is 3.71. The zero-order chi connectivity index (χ0) is 7.68. The molecule has 0 spiro atoms. The van der Waals surface area contributed by atoms with Crippen molar-refractivity contribution in [2.24, 2.45) is 0 Å². The van der Waals surface area contributed by atoms with Crippen molar-refractivity contribution >= 4 is 11.6 Å². The Balaban J connectivity index is 1.91. The van der Waals surface area contributed by atoms with E-state index >= 15 is 0 Å². The Morgan fingerprint density at radius 1 is 1.55 bits per heavy atom. The lowest BCUT2D eigenvalue weighted by molar-refractivity contribution is -0.0372. The summed E-state index contributed by atoms with van der Waals surface area (Å²) >= 11 is 5.72. The van der Waals surface area contributed by atoms with Crippen molar-refractivity contribution in [3.05, 3.63) is 0 Å². The highest BCUT2D eigenvalue weighted by atomic mass is 35.5. The molecule has 0 aromatic heterocycles. The highest BCUT2D eigenvalue weighted by Gasteiger charge is 2.31. The minimum absolute atomic E-state index is 0.283. The predicted octanol–water partition coefficient (Wildman–Crippen LogP) is 1.09. The fourth-order valence-electron chi connectivity index (χ4n) is 1.98. The summed E-state index contributed by atoms with van der Waals surface area (Å²) in [5, 5.41) is 0. The fourth-order valence-corrected chi connectivity index (χ4v) is 2.17. The number of ether oxygens (including phenoxy) is 1. The summed E-state index contributed by atoms with van der Waals surface area (Å²) in [5.41, 5.74) is 0. The van der Waals surface area contributed by atoms with Crippen molar-refractivity contribution in [2.45, 2.75) is 25.0 Å². The van der Waals surface area contributed by atoms with Crippen LogP contribution in [0.15, 0.2) is 0 Å². The molecule has 0 bridgehead atoms. The molecule has 1 unspecified atom stereocenters. The van der Waals surface area contributed by atoms with Crippen molar-refractivity contribution in [3.63, 3.8) is 0 Å². The van der Waals surface area contributed by atoms with Gasteiger partial charge < -0.3 is 4.74 Å². The Kier molecular flexibility index (Phi) is 2.35. The highest BCUT2D eigenvalue weighted by molar-refractivity contribution is 6.18. The van der Waals surface area contributed by atoms with Crippen LogP contribution in [-0.2, 0) is 4.74 Å². The summed E-state index contributed by atoms with van der Waals surface area (Å²) in [5.74, 6) is 0.642. The summed E-state index contributed by atoms with van der Waals surface area (Å²) < 4.78 is 5.57. The van der Waals surface area contributed by atoms with Crippen LogP contribution >= 0.6 is 11.6 Å². The topological polar surface area (TPSA) is 12.5 Å². The molecule has 0 radical (unpaired) electrons. The number of hydrogen-bond donors (Lipinski definition) is 0. The smallest absolute Gasteiger partial charge is 0.0837 e. The summed E-state index contributed by atoms with van der Waals surface area (Å²) in [7, 11) is 0. The fraction of sp³-hybridized carbons (Fsp3) is 1.00. The van der Waals surface area contributed by atoms with E-state index in [2.05, 4.69) is 4.90 Å². The maximum absolute atomic E-state index is 5.72. The van der Waals surface area contributed by atoms with Gasteiger partial charge >= 0.3 is 0 Å². The minimum Gasteiger partial charge on any atom is -0.374 e. The third-order valence-corrected chi connectivity index (χ3v) is 2.98. The van der Waals surface area contributed by atoms with Gasteiger partial charge in [0.25, 0.3) is 0 Å². The van der Waals surface area contributed by atoms with E-state index in [1.807, 2.05) is 0 Å². The van der Waals surface area contributed by atoms with E-state index in [1.54, 1.807) is 0 Å². The maximum atomic E-state index is 5.72. The van der Waals surface area contributed by atoms with Crippen LogP contribution in [0.4, 0.5) is 0 Å². The van der Waals surface area contributed by atoms with Crippen LogP contribution in [0.2, 0.25) is 0 Å². The number of fused-ring (bicyclic) bond motifs is 1. The average molecular weight is 176 g/mol. The van der Waals surface area contributed by atoms with Crippen LogP contribution in [0, 0.1) is 0 Å². The zero-order valence-electron chi connectivity index (χ0n) is 6.63. The van der Waals surface area contributed by atoms with E-state index in [4.69, 9.17) is 16.3 Å². The van der Waals surface area contributed by atoms with Gasteiger partial charge in [0.05, 0.1) is 12.7 Å². The first kappa shape index (κ1) is 7.84. The van der Waals surface area contributed by atoms with Crippen molar-refractivity contribution < 1.29 is 4.74 Å². The zero-order valence-corrected chi connectivity index (χ0v) is 7.39. The first-order valence-electron chi connectivity index (χ1n) is 4.32. The summed E-state index contributed by atoms with van der Waals surface area (Å²) in [6, 6.07) is 0.703. The van der Waals surface area contributed by atoms with E-state index in [0.29, 0.717) is 11.9 Å². The number of morpholine rings is 1. The van der Waals surface area contributed by atoms with Gasteiger partial charge in [-0.25, -0.2) is 0 Å². The molecule has 2 fully saturated rings. The lowest BCUT2D eigenvalue weighted by Crippen LogP contribution is -2.46. The molecule has 2 heterocycles. The lowest BCUT2D eigenvalue weighted by atomic mass is 10.2. The Labute approximate surface area is 72.5 Å². The molecule has 3 heteroatoms. The molecule has 64 valence electrons. The molecule has 2 aliphatic rings. The van der Waals surface area contributed by atoms with Crippen LogP contribution in [0.1, 0.15) is 12.8 Å². The molecule has 2 nitrogen and oxygen atoms in total. The Bertz CT molecular complexity index is 142. The first-order valence-corrected chi connectivity index (χ1v) is 4.85. The molecule has 0 aliphatic carbocycles. The lowest BCUT2D eigenvalue weighted by Gasteiger charge is -2.34. The normalized spacial score (nSPS) is 39.0. The van der Waals surface area contributed by atoms with Gasteiger partial charge in [-0.2, -0.15) is 0 Å². The second kappa shape index (κ2) is 3.30. The number of halogens is 1. The Hall–Kier alpha value is 0.210. The van der Waals surface area contributed by atoms with Gasteiger partial charge in [0, 0.05) is 18.5 Å². The standard InChI is InChI=1S/C8H14ClNO/c9-4-8-5-10-3-1-2-7(10)6-11-8/h7-8H,1-6H2/t7?,8-/m1/s1. The molecule has 0 N–H and O–H groups in total. The molecular weight excluding hydrogens is 162 g/mol. The van der Waals surface area contributed by atoms with Gasteiger partial charge in [-0.1, -0.05) is 0 Å². The van der Waals surface area contributed by atoms with Crippen molar-refractivity contribution in [1.29, 1.82) is 0 Å². The maximum Gasteiger partial charge on any atom is 0.0837 e. The predicted molar refractivity (Wildman–Crippen MR) is 45.1 cm³/mol. The highest BCUT2D eigenvalue weighted by Crippen LogP contribution is 2.22. The SMILES string of the molecule is ClC[C@@H]1CN2CCCC2CO1. The third kappa shape index (κ3) is 1.53. The van der Waals surface area contributed by atoms with Gasteiger partial charge in [0.2, 0.25) is 0 Å². The van der Waals surface area contributed by atoms with Crippen LogP contribution in [0.3, 0.4) is 0 Å². The minimum atomic E-state index is 0.283. The van der Waals surface area contributed by atoms with Gasteiger partial charge in [0.1, 0.15) is 0 Å².